The molecule has 3 heteroatoms. The van der Waals surface area contributed by atoms with E-state index in [0.29, 0.717) is 17.5 Å². The van der Waals surface area contributed by atoms with Gasteiger partial charge in [0.2, 0.25) is 0 Å². The first-order valence-corrected chi connectivity index (χ1v) is 7.13. The molecule has 1 rings (SSSR count). The molecule has 0 aromatic carbocycles. The molecule has 0 aliphatic heterocycles. The molecule has 3 nitrogen and oxygen atoms in total. The largest absolute Gasteiger partial charge is 0.340 e. The predicted octanol–water partition coefficient (Wildman–Crippen LogP) is 3.71. The fraction of sp³-hybridized carbons (Fsp3) is 0.625. The molecule has 0 saturated heterocycles. The number of aromatic nitrogens is 1. The van der Waals surface area contributed by atoms with Gasteiger partial charge in [-0.3, -0.25) is 9.78 Å². The lowest BCUT2D eigenvalue weighted by atomic mass is 10.1. The quantitative estimate of drug-likeness (QED) is 0.783. The van der Waals surface area contributed by atoms with Crippen molar-refractivity contribution < 1.29 is 4.79 Å². The van der Waals surface area contributed by atoms with E-state index in [2.05, 4.69) is 32.7 Å². The van der Waals surface area contributed by atoms with Gasteiger partial charge in [-0.25, -0.2) is 0 Å². The fourth-order valence-electron chi connectivity index (χ4n) is 1.91. The van der Waals surface area contributed by atoms with Crippen molar-refractivity contribution in [2.45, 2.75) is 46.5 Å². The van der Waals surface area contributed by atoms with Crippen LogP contribution in [0.5, 0.6) is 0 Å². The van der Waals surface area contributed by atoms with Crippen LogP contribution in [0.25, 0.3) is 0 Å². The average Bonchev–Trinajstić information content (AvgIpc) is 2.37. The maximum atomic E-state index is 12.2. The second-order valence-electron chi connectivity index (χ2n) is 5.89. The van der Waals surface area contributed by atoms with Crippen LogP contribution in [0.1, 0.15) is 62.5 Å². The van der Waals surface area contributed by atoms with Crippen LogP contribution in [0.3, 0.4) is 0 Å². The van der Waals surface area contributed by atoms with E-state index in [9.17, 15) is 4.79 Å². The van der Waals surface area contributed by atoms with Crippen molar-refractivity contribution in [2.75, 3.05) is 13.6 Å². The molecule has 19 heavy (non-hydrogen) atoms. The minimum Gasteiger partial charge on any atom is -0.340 e. The number of nitrogens with zero attached hydrogens (tertiary/aromatic N) is 2. The molecule has 1 heterocycles. The number of carbonyl (C=O) groups excluding carboxylic acids is 1. The van der Waals surface area contributed by atoms with E-state index in [0.717, 1.165) is 19.4 Å². The first-order chi connectivity index (χ1) is 8.91. The minimum atomic E-state index is 0.0130. The number of hydrogen-bond donors (Lipinski definition) is 0. The van der Waals surface area contributed by atoms with Crippen molar-refractivity contribution in [1.29, 1.82) is 0 Å². The van der Waals surface area contributed by atoms with Gasteiger partial charge in [0.05, 0.1) is 0 Å². The molecule has 1 aromatic rings. The van der Waals surface area contributed by atoms with Crippen LogP contribution in [0.2, 0.25) is 0 Å². The Hall–Kier alpha value is -1.38. The zero-order valence-electron chi connectivity index (χ0n) is 12.8. The summed E-state index contributed by atoms with van der Waals surface area (Å²) >= 11 is 0. The lowest BCUT2D eigenvalue weighted by molar-refractivity contribution is 0.0785. The molecule has 0 radical (unpaired) electrons. The molecule has 0 aliphatic rings. The minimum absolute atomic E-state index is 0.0130. The highest BCUT2D eigenvalue weighted by molar-refractivity contribution is 5.92. The van der Waals surface area contributed by atoms with Gasteiger partial charge in [0, 0.05) is 19.8 Å². The summed E-state index contributed by atoms with van der Waals surface area (Å²) in [6.45, 7) is 9.44. The molecule has 0 aliphatic carbocycles. The maximum absolute atomic E-state index is 12.2. The molecule has 0 unspecified atom stereocenters. The Morgan fingerprint density at radius 3 is 2.42 bits per heavy atom. The molecule has 0 saturated carbocycles. The van der Waals surface area contributed by atoms with Gasteiger partial charge in [-0.05, 0) is 36.3 Å². The Balaban J connectivity index is 2.56. The van der Waals surface area contributed by atoms with E-state index in [1.807, 2.05) is 19.2 Å². The van der Waals surface area contributed by atoms with E-state index < -0.39 is 0 Å². The van der Waals surface area contributed by atoms with Crippen LogP contribution in [-0.2, 0) is 0 Å². The Kier molecular flexibility index (Phi) is 6.00. The zero-order chi connectivity index (χ0) is 14.4. The van der Waals surface area contributed by atoms with Crippen LogP contribution in [0.4, 0.5) is 0 Å². The molecular formula is C16H26N2O. The van der Waals surface area contributed by atoms with Crippen molar-refractivity contribution in [3.8, 4) is 0 Å². The smallest absolute Gasteiger partial charge is 0.272 e. The van der Waals surface area contributed by atoms with E-state index in [1.165, 1.54) is 5.56 Å². The normalized spacial score (nSPS) is 11.1. The van der Waals surface area contributed by atoms with Gasteiger partial charge < -0.3 is 4.90 Å². The highest BCUT2D eigenvalue weighted by atomic mass is 16.2. The maximum Gasteiger partial charge on any atom is 0.272 e. The molecule has 1 amide bonds. The Labute approximate surface area is 117 Å². The second-order valence-corrected chi connectivity index (χ2v) is 5.89. The summed E-state index contributed by atoms with van der Waals surface area (Å²) in [5.41, 5.74) is 1.70. The third-order valence-corrected chi connectivity index (χ3v) is 3.29. The standard InChI is InChI=1S/C16H26N2O/c1-12(2)7-6-10-18(5)16(19)15-9-8-14(11-17-15)13(3)4/h8-9,11-13H,6-7,10H2,1-5H3. The van der Waals surface area contributed by atoms with Crippen LogP contribution in [0, 0.1) is 5.92 Å². The molecular weight excluding hydrogens is 236 g/mol. The first-order valence-electron chi connectivity index (χ1n) is 7.13. The Morgan fingerprint density at radius 1 is 1.26 bits per heavy atom. The summed E-state index contributed by atoms with van der Waals surface area (Å²) in [5, 5.41) is 0. The van der Waals surface area contributed by atoms with Crippen molar-refractivity contribution >= 4 is 5.91 Å². The molecule has 1 aromatic heterocycles. The van der Waals surface area contributed by atoms with Gasteiger partial charge in [0.25, 0.3) is 5.91 Å². The van der Waals surface area contributed by atoms with E-state index in [1.54, 1.807) is 11.1 Å². The summed E-state index contributed by atoms with van der Waals surface area (Å²) in [5.74, 6) is 1.14. The summed E-state index contributed by atoms with van der Waals surface area (Å²) in [4.78, 5) is 18.2. The zero-order valence-corrected chi connectivity index (χ0v) is 12.8. The summed E-state index contributed by atoms with van der Waals surface area (Å²) in [7, 11) is 1.85. The van der Waals surface area contributed by atoms with Gasteiger partial charge in [0.15, 0.2) is 0 Å². The van der Waals surface area contributed by atoms with Crippen LogP contribution in [0.15, 0.2) is 18.3 Å². The van der Waals surface area contributed by atoms with Crippen molar-refractivity contribution in [1.82, 2.24) is 9.88 Å². The lowest BCUT2D eigenvalue weighted by Gasteiger charge is -2.17. The highest BCUT2D eigenvalue weighted by Gasteiger charge is 2.13. The molecule has 0 N–H and O–H groups in total. The molecule has 0 bridgehead atoms. The molecule has 0 atom stereocenters. The van der Waals surface area contributed by atoms with Crippen molar-refractivity contribution in [3.63, 3.8) is 0 Å². The lowest BCUT2D eigenvalue weighted by Crippen LogP contribution is -2.28. The van der Waals surface area contributed by atoms with E-state index >= 15 is 0 Å². The molecule has 106 valence electrons. The molecule has 0 spiro atoms. The topological polar surface area (TPSA) is 33.2 Å². The Morgan fingerprint density at radius 2 is 1.95 bits per heavy atom. The third-order valence-electron chi connectivity index (χ3n) is 3.29. The van der Waals surface area contributed by atoms with Crippen LogP contribution in [-0.4, -0.2) is 29.4 Å². The number of hydrogen-bond acceptors (Lipinski definition) is 2. The van der Waals surface area contributed by atoms with Gasteiger partial charge in [-0.1, -0.05) is 33.8 Å². The second kappa shape index (κ2) is 7.27. The van der Waals surface area contributed by atoms with Crippen molar-refractivity contribution in [3.05, 3.63) is 29.6 Å². The summed E-state index contributed by atoms with van der Waals surface area (Å²) < 4.78 is 0. The SMILES string of the molecule is CC(C)CCCN(C)C(=O)c1ccc(C(C)C)cn1. The van der Waals surface area contributed by atoms with Crippen LogP contribution >= 0.6 is 0 Å². The number of rotatable bonds is 6. The number of amides is 1. The van der Waals surface area contributed by atoms with Crippen LogP contribution < -0.4 is 0 Å². The highest BCUT2D eigenvalue weighted by Crippen LogP contribution is 2.13. The third kappa shape index (κ3) is 5.01. The van der Waals surface area contributed by atoms with E-state index in [-0.39, 0.29) is 5.91 Å². The summed E-state index contributed by atoms with van der Waals surface area (Å²) in [6.07, 6.45) is 4.00. The molecule has 0 fully saturated rings. The first kappa shape index (κ1) is 15.7. The predicted molar refractivity (Wildman–Crippen MR) is 79.4 cm³/mol. The average molecular weight is 262 g/mol. The Bertz CT molecular complexity index is 396. The van der Waals surface area contributed by atoms with Gasteiger partial charge in [0.1, 0.15) is 5.69 Å². The number of carbonyl (C=O) groups is 1. The number of pyridine rings is 1. The van der Waals surface area contributed by atoms with Gasteiger partial charge in [-0.2, -0.15) is 0 Å². The summed E-state index contributed by atoms with van der Waals surface area (Å²) in [6, 6.07) is 3.82. The fourth-order valence-corrected chi connectivity index (χ4v) is 1.91. The van der Waals surface area contributed by atoms with Gasteiger partial charge >= 0.3 is 0 Å². The van der Waals surface area contributed by atoms with E-state index in [4.69, 9.17) is 0 Å². The van der Waals surface area contributed by atoms with Gasteiger partial charge in [-0.15, -0.1) is 0 Å². The monoisotopic (exact) mass is 262 g/mol. The van der Waals surface area contributed by atoms with Crippen molar-refractivity contribution in [2.24, 2.45) is 5.92 Å².